The molecule has 3 unspecified atom stereocenters. The summed E-state index contributed by atoms with van der Waals surface area (Å²) in [6.07, 6.45) is 5.13. The number of carbonyl (C=O) groups is 1. The summed E-state index contributed by atoms with van der Waals surface area (Å²) in [4.78, 5) is 12.3. The van der Waals surface area contributed by atoms with Gasteiger partial charge in [-0.3, -0.25) is 4.79 Å². The zero-order valence-corrected chi connectivity index (χ0v) is 12.3. The molecule has 19 heavy (non-hydrogen) atoms. The van der Waals surface area contributed by atoms with E-state index in [4.69, 9.17) is 5.73 Å². The molecule has 1 heterocycles. The number of amides is 1. The van der Waals surface area contributed by atoms with Crippen LogP contribution in [0.15, 0.2) is 0 Å². The van der Waals surface area contributed by atoms with Crippen LogP contribution >= 0.6 is 0 Å². The van der Waals surface area contributed by atoms with Gasteiger partial charge >= 0.3 is 0 Å². The molecule has 6 heteroatoms. The number of carbonyl (C=O) groups excluding carboxylic acids is 1. The molecular formula is C13H24N2O3S. The molecule has 3 N–H and O–H groups in total. The van der Waals surface area contributed by atoms with Crippen LogP contribution in [0.4, 0.5) is 0 Å². The summed E-state index contributed by atoms with van der Waals surface area (Å²) >= 11 is 0. The second kappa shape index (κ2) is 5.40. The van der Waals surface area contributed by atoms with Crippen LogP contribution in [-0.4, -0.2) is 37.4 Å². The fourth-order valence-corrected chi connectivity index (χ4v) is 4.86. The Morgan fingerprint density at radius 2 is 2.00 bits per heavy atom. The fourth-order valence-electron chi connectivity index (χ4n) is 3.23. The average Bonchev–Trinajstić information content (AvgIpc) is 2.26. The van der Waals surface area contributed by atoms with Crippen molar-refractivity contribution in [2.75, 3.05) is 11.5 Å². The summed E-state index contributed by atoms with van der Waals surface area (Å²) < 4.78 is 23.1. The molecule has 0 spiro atoms. The molecule has 1 amide bonds. The quantitative estimate of drug-likeness (QED) is 0.778. The van der Waals surface area contributed by atoms with Gasteiger partial charge in [-0.2, -0.15) is 0 Å². The molecular weight excluding hydrogens is 264 g/mol. The Labute approximate surface area is 115 Å². The summed E-state index contributed by atoms with van der Waals surface area (Å²) in [7, 11) is -2.98. The molecule has 1 saturated heterocycles. The van der Waals surface area contributed by atoms with Crippen LogP contribution in [0.25, 0.3) is 0 Å². The third kappa shape index (κ3) is 3.69. The van der Waals surface area contributed by atoms with E-state index in [-0.39, 0.29) is 29.4 Å². The molecule has 0 aromatic carbocycles. The second-order valence-corrected chi connectivity index (χ2v) is 8.50. The van der Waals surface area contributed by atoms with Crippen LogP contribution in [0, 0.1) is 5.92 Å². The lowest BCUT2D eigenvalue weighted by Crippen LogP contribution is -2.55. The normalized spacial score (nSPS) is 38.6. The molecule has 5 nitrogen and oxygen atoms in total. The van der Waals surface area contributed by atoms with Crippen LogP contribution < -0.4 is 11.1 Å². The van der Waals surface area contributed by atoms with E-state index >= 15 is 0 Å². The Balaban J connectivity index is 1.97. The summed E-state index contributed by atoms with van der Waals surface area (Å²) in [5.74, 6) is 0.0714. The molecule has 0 radical (unpaired) electrons. The van der Waals surface area contributed by atoms with Crippen molar-refractivity contribution >= 4 is 15.7 Å². The molecule has 1 aliphatic carbocycles. The Bertz CT molecular complexity index is 445. The van der Waals surface area contributed by atoms with E-state index < -0.39 is 15.4 Å². The fraction of sp³-hybridized carbons (Fsp3) is 0.923. The predicted molar refractivity (Wildman–Crippen MR) is 74.4 cm³/mol. The minimum absolute atomic E-state index is 0.0631. The standard InChI is InChI=1S/C13H24N2O3S/c1-13(14)7-3-2-6-11(13)12(16)15-10-5-4-8-19(17,18)9-10/h10-11H,2-9,14H2,1H3,(H,15,16). The predicted octanol–water partition coefficient (Wildman–Crippen LogP) is 0.587. The molecule has 0 aromatic heterocycles. The highest BCUT2D eigenvalue weighted by molar-refractivity contribution is 7.91. The minimum Gasteiger partial charge on any atom is -0.352 e. The van der Waals surface area contributed by atoms with Gasteiger partial charge in [0.15, 0.2) is 9.84 Å². The van der Waals surface area contributed by atoms with E-state index in [0.717, 1.165) is 32.1 Å². The number of nitrogens with one attached hydrogen (secondary N) is 1. The highest BCUT2D eigenvalue weighted by Gasteiger charge is 2.39. The maximum Gasteiger partial charge on any atom is 0.225 e. The van der Waals surface area contributed by atoms with Gasteiger partial charge in [0.05, 0.1) is 17.4 Å². The number of nitrogens with two attached hydrogens (primary N) is 1. The first kappa shape index (κ1) is 14.8. The van der Waals surface area contributed by atoms with Crippen LogP contribution in [-0.2, 0) is 14.6 Å². The zero-order chi connectivity index (χ0) is 14.1. The first-order chi connectivity index (χ1) is 8.80. The van der Waals surface area contributed by atoms with E-state index in [0.29, 0.717) is 6.42 Å². The van der Waals surface area contributed by atoms with Crippen LogP contribution in [0.3, 0.4) is 0 Å². The van der Waals surface area contributed by atoms with Gasteiger partial charge in [0, 0.05) is 11.6 Å². The molecule has 2 rings (SSSR count). The number of hydrogen-bond donors (Lipinski definition) is 2. The van der Waals surface area contributed by atoms with Gasteiger partial charge in [-0.25, -0.2) is 8.42 Å². The minimum atomic E-state index is -2.98. The van der Waals surface area contributed by atoms with Crippen LogP contribution in [0.5, 0.6) is 0 Å². The molecule has 3 atom stereocenters. The van der Waals surface area contributed by atoms with Gasteiger partial charge in [-0.1, -0.05) is 12.8 Å². The zero-order valence-electron chi connectivity index (χ0n) is 11.5. The van der Waals surface area contributed by atoms with E-state index in [9.17, 15) is 13.2 Å². The number of hydrogen-bond acceptors (Lipinski definition) is 4. The monoisotopic (exact) mass is 288 g/mol. The number of rotatable bonds is 2. The van der Waals surface area contributed by atoms with Crippen molar-refractivity contribution in [3.8, 4) is 0 Å². The third-order valence-electron chi connectivity index (χ3n) is 4.38. The van der Waals surface area contributed by atoms with Crippen molar-refractivity contribution in [1.29, 1.82) is 0 Å². The lowest BCUT2D eigenvalue weighted by Gasteiger charge is -2.38. The summed E-state index contributed by atoms with van der Waals surface area (Å²) in [6.45, 7) is 1.92. The summed E-state index contributed by atoms with van der Waals surface area (Å²) in [5.41, 5.74) is 5.74. The molecule has 2 fully saturated rings. The van der Waals surface area contributed by atoms with Gasteiger partial charge < -0.3 is 11.1 Å². The maximum atomic E-state index is 12.3. The van der Waals surface area contributed by atoms with Gasteiger partial charge in [0.2, 0.25) is 5.91 Å². The second-order valence-electron chi connectivity index (χ2n) is 6.27. The lowest BCUT2D eigenvalue weighted by molar-refractivity contribution is -0.128. The van der Waals surface area contributed by atoms with Crippen molar-refractivity contribution < 1.29 is 13.2 Å². The first-order valence-electron chi connectivity index (χ1n) is 7.10. The summed E-state index contributed by atoms with van der Waals surface area (Å²) in [5, 5.41) is 2.90. The highest BCUT2D eigenvalue weighted by Crippen LogP contribution is 2.31. The van der Waals surface area contributed by atoms with Gasteiger partial charge in [0.1, 0.15) is 0 Å². The Morgan fingerprint density at radius 1 is 1.26 bits per heavy atom. The SMILES string of the molecule is CC1(N)CCCCC1C(=O)NC1CCCS(=O)(=O)C1. The van der Waals surface area contributed by atoms with Crippen molar-refractivity contribution in [3.63, 3.8) is 0 Å². The molecule has 0 aromatic rings. The van der Waals surface area contributed by atoms with Crippen molar-refractivity contribution in [2.24, 2.45) is 11.7 Å². The van der Waals surface area contributed by atoms with Crippen molar-refractivity contribution in [2.45, 2.75) is 57.0 Å². The largest absolute Gasteiger partial charge is 0.352 e. The van der Waals surface area contributed by atoms with E-state index in [1.54, 1.807) is 0 Å². The first-order valence-corrected chi connectivity index (χ1v) is 8.92. The maximum absolute atomic E-state index is 12.3. The molecule has 1 aliphatic heterocycles. The average molecular weight is 288 g/mol. The smallest absolute Gasteiger partial charge is 0.225 e. The van der Waals surface area contributed by atoms with Gasteiger partial charge in [0.25, 0.3) is 0 Å². The van der Waals surface area contributed by atoms with E-state index in [2.05, 4.69) is 5.32 Å². The van der Waals surface area contributed by atoms with Crippen molar-refractivity contribution in [1.82, 2.24) is 5.32 Å². The van der Waals surface area contributed by atoms with Crippen LogP contribution in [0.2, 0.25) is 0 Å². The third-order valence-corrected chi connectivity index (χ3v) is 6.20. The highest BCUT2D eigenvalue weighted by atomic mass is 32.2. The van der Waals surface area contributed by atoms with Gasteiger partial charge in [-0.15, -0.1) is 0 Å². The topological polar surface area (TPSA) is 89.3 Å². The summed E-state index contributed by atoms with van der Waals surface area (Å²) in [6, 6.07) is -0.232. The Kier molecular flexibility index (Phi) is 4.20. The van der Waals surface area contributed by atoms with E-state index in [1.807, 2.05) is 6.92 Å². The van der Waals surface area contributed by atoms with E-state index in [1.165, 1.54) is 0 Å². The lowest BCUT2D eigenvalue weighted by atomic mass is 9.74. The molecule has 0 bridgehead atoms. The Hall–Kier alpha value is -0.620. The van der Waals surface area contributed by atoms with Crippen LogP contribution in [0.1, 0.15) is 45.4 Å². The number of sulfone groups is 1. The van der Waals surface area contributed by atoms with Crippen molar-refractivity contribution in [3.05, 3.63) is 0 Å². The molecule has 2 aliphatic rings. The van der Waals surface area contributed by atoms with Gasteiger partial charge in [-0.05, 0) is 32.6 Å². The Morgan fingerprint density at radius 3 is 2.63 bits per heavy atom. The molecule has 1 saturated carbocycles. The molecule has 110 valence electrons.